The first-order chi connectivity index (χ1) is 10.0. The summed E-state index contributed by atoms with van der Waals surface area (Å²) in [5, 5.41) is 1.61. The van der Waals surface area contributed by atoms with Crippen LogP contribution >= 0.6 is 12.4 Å². The fourth-order valence-electron chi connectivity index (χ4n) is 2.14. The molecule has 5 nitrogen and oxygen atoms in total. The lowest BCUT2D eigenvalue weighted by molar-refractivity contribution is -0.134. The van der Waals surface area contributed by atoms with Crippen LogP contribution in [0.3, 0.4) is 0 Å². The lowest BCUT2D eigenvalue weighted by Crippen LogP contribution is -2.07. The predicted octanol–water partition coefficient (Wildman–Crippen LogP) is 2.61. The van der Waals surface area contributed by atoms with Gasteiger partial charge in [0.05, 0.1) is 0 Å². The van der Waals surface area contributed by atoms with E-state index in [1.54, 1.807) is 6.07 Å². The fraction of sp³-hybridized carbons (Fsp3) is 0.250. The van der Waals surface area contributed by atoms with Gasteiger partial charge in [-0.2, -0.15) is 0 Å². The minimum absolute atomic E-state index is 0. The Morgan fingerprint density at radius 1 is 1.05 bits per heavy atom. The molecule has 2 N–H and O–H groups in total. The van der Waals surface area contributed by atoms with Gasteiger partial charge in [-0.25, -0.2) is 0 Å². The third-order valence-electron chi connectivity index (χ3n) is 2.93. The van der Waals surface area contributed by atoms with Gasteiger partial charge in [-0.3, -0.25) is 9.59 Å². The van der Waals surface area contributed by atoms with E-state index in [9.17, 15) is 9.59 Å². The Morgan fingerprint density at radius 3 is 2.32 bits per heavy atom. The molecule has 0 aliphatic rings. The lowest BCUT2D eigenvalue weighted by Gasteiger charge is -2.12. The molecule has 118 valence electrons. The maximum absolute atomic E-state index is 11.3. The highest BCUT2D eigenvalue weighted by molar-refractivity contribution is 5.94. The van der Waals surface area contributed by atoms with Crippen LogP contribution in [-0.4, -0.2) is 18.5 Å². The summed E-state index contributed by atoms with van der Waals surface area (Å²) in [4.78, 5) is 22.4. The minimum atomic E-state index is -0.470. The van der Waals surface area contributed by atoms with Crippen LogP contribution in [0.5, 0.6) is 11.5 Å². The second kappa shape index (κ2) is 7.77. The largest absolute Gasteiger partial charge is 0.423 e. The molecule has 6 heteroatoms. The minimum Gasteiger partial charge on any atom is -0.423 e. The van der Waals surface area contributed by atoms with E-state index < -0.39 is 11.9 Å². The summed E-state index contributed by atoms with van der Waals surface area (Å²) in [5.74, 6) is -0.448. The zero-order valence-electron chi connectivity index (χ0n) is 12.4. The van der Waals surface area contributed by atoms with Gasteiger partial charge in [-0.05, 0) is 30.0 Å². The van der Waals surface area contributed by atoms with Crippen molar-refractivity contribution in [1.82, 2.24) is 0 Å². The Bertz CT molecular complexity index is 700. The maximum Gasteiger partial charge on any atom is 0.308 e. The van der Waals surface area contributed by atoms with Crippen LogP contribution in [0.4, 0.5) is 0 Å². The number of hydrogen-bond donors (Lipinski definition) is 1. The lowest BCUT2D eigenvalue weighted by atomic mass is 10.0. The van der Waals surface area contributed by atoms with Gasteiger partial charge in [-0.1, -0.05) is 24.3 Å². The van der Waals surface area contributed by atoms with E-state index in [0.717, 1.165) is 17.4 Å². The van der Waals surface area contributed by atoms with Gasteiger partial charge in [-0.15, -0.1) is 12.4 Å². The number of fused-ring (bicyclic) bond motifs is 1. The summed E-state index contributed by atoms with van der Waals surface area (Å²) in [6, 6.07) is 9.17. The first kappa shape index (κ1) is 17.9. The van der Waals surface area contributed by atoms with Crippen molar-refractivity contribution < 1.29 is 19.1 Å². The van der Waals surface area contributed by atoms with Crippen molar-refractivity contribution in [2.75, 3.05) is 6.54 Å². The predicted molar refractivity (Wildman–Crippen MR) is 86.6 cm³/mol. The molecule has 0 saturated heterocycles. The number of halogens is 1. The number of esters is 2. The van der Waals surface area contributed by atoms with Crippen molar-refractivity contribution in [2.45, 2.75) is 20.3 Å². The van der Waals surface area contributed by atoms with Gasteiger partial charge in [0.2, 0.25) is 0 Å². The van der Waals surface area contributed by atoms with Crippen molar-refractivity contribution in [3.63, 3.8) is 0 Å². The summed E-state index contributed by atoms with van der Waals surface area (Å²) in [5.41, 5.74) is 6.65. The molecule has 2 aromatic rings. The van der Waals surface area contributed by atoms with E-state index in [2.05, 4.69) is 0 Å². The molecule has 0 aliphatic heterocycles. The van der Waals surface area contributed by atoms with Crippen molar-refractivity contribution in [2.24, 2.45) is 5.73 Å². The van der Waals surface area contributed by atoms with Crippen LogP contribution in [0.1, 0.15) is 19.4 Å². The number of ether oxygens (including phenoxy) is 2. The molecule has 0 heterocycles. The van der Waals surface area contributed by atoms with E-state index in [1.807, 2.05) is 24.3 Å². The van der Waals surface area contributed by atoms with E-state index >= 15 is 0 Å². The SMILES string of the molecule is CC(=O)Oc1ccc2cc(CCN)ccc2c1OC(C)=O.Cl. The Labute approximate surface area is 134 Å². The van der Waals surface area contributed by atoms with Crippen molar-refractivity contribution in [3.05, 3.63) is 35.9 Å². The highest BCUT2D eigenvalue weighted by atomic mass is 35.5. The van der Waals surface area contributed by atoms with E-state index in [-0.39, 0.29) is 23.9 Å². The van der Waals surface area contributed by atoms with Crippen LogP contribution in [0, 0.1) is 0 Å². The molecule has 0 fully saturated rings. The Hall–Kier alpha value is -2.11. The molecule has 0 saturated carbocycles. The fourth-order valence-corrected chi connectivity index (χ4v) is 2.14. The Balaban J connectivity index is 0.00000242. The molecule has 2 rings (SSSR count). The third-order valence-corrected chi connectivity index (χ3v) is 2.93. The average molecular weight is 324 g/mol. The van der Waals surface area contributed by atoms with Crippen molar-refractivity contribution in [3.8, 4) is 11.5 Å². The number of hydrogen-bond acceptors (Lipinski definition) is 5. The van der Waals surface area contributed by atoms with Crippen LogP contribution < -0.4 is 15.2 Å². The van der Waals surface area contributed by atoms with Crippen LogP contribution in [0.2, 0.25) is 0 Å². The second-order valence-corrected chi connectivity index (χ2v) is 4.67. The smallest absolute Gasteiger partial charge is 0.308 e. The quantitative estimate of drug-likeness (QED) is 0.691. The summed E-state index contributed by atoms with van der Waals surface area (Å²) in [6.45, 7) is 3.17. The molecular weight excluding hydrogens is 306 g/mol. The standard InChI is InChI=1S/C16H17NO4.ClH/c1-10(18)20-15-6-4-13-9-12(7-8-17)3-5-14(13)16(15)21-11(2)19;/h3-6,9H,7-8,17H2,1-2H3;1H. The zero-order chi connectivity index (χ0) is 15.4. The molecule has 0 amide bonds. The number of carbonyl (C=O) groups is 2. The molecule has 0 spiro atoms. The molecular formula is C16H18ClNO4. The van der Waals surface area contributed by atoms with E-state index in [0.29, 0.717) is 11.9 Å². The van der Waals surface area contributed by atoms with Gasteiger partial charge in [0, 0.05) is 19.2 Å². The molecule has 0 aromatic heterocycles. The van der Waals surface area contributed by atoms with Crippen molar-refractivity contribution in [1.29, 1.82) is 0 Å². The van der Waals surface area contributed by atoms with Gasteiger partial charge in [0.25, 0.3) is 0 Å². The zero-order valence-corrected chi connectivity index (χ0v) is 13.2. The first-order valence-corrected chi connectivity index (χ1v) is 6.64. The summed E-state index contributed by atoms with van der Waals surface area (Å²) in [6.07, 6.45) is 0.768. The number of carbonyl (C=O) groups excluding carboxylic acids is 2. The number of nitrogens with two attached hydrogens (primary N) is 1. The van der Waals surface area contributed by atoms with Crippen LogP contribution in [0.25, 0.3) is 10.8 Å². The monoisotopic (exact) mass is 323 g/mol. The molecule has 22 heavy (non-hydrogen) atoms. The topological polar surface area (TPSA) is 78.6 Å². The molecule has 0 aliphatic carbocycles. The molecule has 2 aromatic carbocycles. The summed E-state index contributed by atoms with van der Waals surface area (Å²) < 4.78 is 10.3. The van der Waals surface area contributed by atoms with E-state index in [1.165, 1.54) is 13.8 Å². The van der Waals surface area contributed by atoms with Gasteiger partial charge in [0.15, 0.2) is 11.5 Å². The Kier molecular flexibility index (Phi) is 6.34. The van der Waals surface area contributed by atoms with Gasteiger partial charge in [0.1, 0.15) is 0 Å². The third kappa shape index (κ3) is 4.19. The second-order valence-electron chi connectivity index (χ2n) is 4.67. The average Bonchev–Trinajstić information content (AvgIpc) is 2.41. The molecule has 0 radical (unpaired) electrons. The maximum atomic E-state index is 11.3. The summed E-state index contributed by atoms with van der Waals surface area (Å²) >= 11 is 0. The highest BCUT2D eigenvalue weighted by Gasteiger charge is 2.14. The molecule has 0 bridgehead atoms. The number of benzene rings is 2. The van der Waals surface area contributed by atoms with Crippen molar-refractivity contribution >= 4 is 35.1 Å². The highest BCUT2D eigenvalue weighted by Crippen LogP contribution is 2.36. The molecule has 0 unspecified atom stereocenters. The number of rotatable bonds is 4. The molecule has 0 atom stereocenters. The Morgan fingerprint density at radius 2 is 1.73 bits per heavy atom. The van der Waals surface area contributed by atoms with Crippen LogP contribution in [0.15, 0.2) is 30.3 Å². The van der Waals surface area contributed by atoms with Gasteiger partial charge < -0.3 is 15.2 Å². The van der Waals surface area contributed by atoms with Crippen LogP contribution in [-0.2, 0) is 16.0 Å². The summed E-state index contributed by atoms with van der Waals surface area (Å²) in [7, 11) is 0. The normalized spacial score (nSPS) is 9.95. The van der Waals surface area contributed by atoms with Gasteiger partial charge >= 0.3 is 11.9 Å². The van der Waals surface area contributed by atoms with E-state index in [4.69, 9.17) is 15.2 Å². The first-order valence-electron chi connectivity index (χ1n) is 6.64.